The van der Waals surface area contributed by atoms with E-state index in [0.29, 0.717) is 13.2 Å². The van der Waals surface area contributed by atoms with Gasteiger partial charge in [0.1, 0.15) is 24.8 Å². The summed E-state index contributed by atoms with van der Waals surface area (Å²) in [7, 11) is 0. The van der Waals surface area contributed by atoms with Crippen molar-refractivity contribution in [2.75, 3.05) is 39.6 Å². The van der Waals surface area contributed by atoms with E-state index in [-0.39, 0.29) is 72.6 Å². The maximum atomic E-state index is 10.4. The quantitative estimate of drug-likeness (QED) is 0.303. The molecule has 0 radical (unpaired) electrons. The number of aliphatic hydroxyl groups excluding tert-OH is 2. The van der Waals surface area contributed by atoms with E-state index in [0.717, 1.165) is 0 Å². The van der Waals surface area contributed by atoms with E-state index in [1.54, 1.807) is 27.7 Å². The molecule has 0 aliphatic heterocycles. The number of ether oxygens (including phenoxy) is 2. The molecule has 0 rings (SSSR count). The van der Waals surface area contributed by atoms with Gasteiger partial charge in [0.15, 0.2) is 0 Å². The number of carbonyl (C=O) groups is 2. The summed E-state index contributed by atoms with van der Waals surface area (Å²) in [5, 5.41) is 15.1. The van der Waals surface area contributed by atoms with Crippen molar-refractivity contribution in [3.05, 3.63) is 0 Å². The van der Waals surface area contributed by atoms with Crippen molar-refractivity contribution in [1.29, 1.82) is 0 Å². The molecule has 0 aliphatic rings. The normalized spacial score (nSPS) is 7.92. The number of carbonyl (C=O) groups excluding carboxylic acids is 4. The molecule has 0 amide bonds. The Morgan fingerprint density at radius 3 is 1.16 bits per heavy atom. The van der Waals surface area contributed by atoms with E-state index >= 15 is 0 Å². The Kier molecular flexibility index (Phi) is 54.7. The molecule has 0 atom stereocenters. The molecule has 0 unspecified atom stereocenters. The first-order valence-corrected chi connectivity index (χ1v) is 7.55. The number of aliphatic hydroxyl groups is 2. The van der Waals surface area contributed by atoms with Crippen LogP contribution in [0.4, 0.5) is 0 Å². The Morgan fingerprint density at radius 1 is 0.760 bits per heavy atom. The van der Waals surface area contributed by atoms with Crippen LogP contribution < -0.4 is 0 Å². The Balaban J connectivity index is -0.0000000788. The molecule has 0 saturated carbocycles. The summed E-state index contributed by atoms with van der Waals surface area (Å²) in [4.78, 5) is 40.0. The molecule has 0 saturated heterocycles. The van der Waals surface area contributed by atoms with Gasteiger partial charge in [0, 0.05) is 26.4 Å². The zero-order valence-corrected chi connectivity index (χ0v) is 17.1. The van der Waals surface area contributed by atoms with Gasteiger partial charge in [-0.05, 0) is 27.7 Å². The van der Waals surface area contributed by atoms with Gasteiger partial charge in [-0.15, -0.1) is 0 Å². The Labute approximate surface area is 165 Å². The first-order valence-electron chi connectivity index (χ1n) is 7.55. The first-order chi connectivity index (χ1) is 11.4. The first kappa shape index (κ1) is 35.4. The van der Waals surface area contributed by atoms with E-state index in [9.17, 15) is 19.2 Å². The van der Waals surface area contributed by atoms with Crippen LogP contribution in [0, 0.1) is 0 Å². The minimum atomic E-state index is -0.216. The second-order valence-corrected chi connectivity index (χ2v) is 3.63. The van der Waals surface area contributed by atoms with E-state index in [1.165, 1.54) is 12.6 Å². The maximum absolute atomic E-state index is 10.4. The monoisotopic (exact) mass is 398 g/mol. The molecule has 0 spiro atoms. The Hall–Kier alpha value is -0.766. The summed E-state index contributed by atoms with van der Waals surface area (Å²) in [6, 6.07) is 0. The molecule has 9 heteroatoms. The Morgan fingerprint density at radius 2 is 1.00 bits per heavy atom. The van der Waals surface area contributed by atoms with Crippen LogP contribution >= 0.6 is 0 Å². The predicted octanol–water partition coefficient (Wildman–Crippen LogP) is 0.178. The fraction of sp³-hybridized carbons (Fsp3) is 0.750. The molecular weight excluding hydrogens is 368 g/mol. The van der Waals surface area contributed by atoms with Crippen molar-refractivity contribution < 1.29 is 60.6 Å². The topological polar surface area (TPSA) is 127 Å². The molecule has 25 heavy (non-hydrogen) atoms. The fourth-order valence-corrected chi connectivity index (χ4v) is 0.695. The number of Topliss-reactive ketones (excluding diaryl/α,β-unsaturated/α-hetero) is 2. The third-order valence-corrected chi connectivity index (χ3v) is 1.47. The molecule has 0 aliphatic carbocycles. The minimum absolute atomic E-state index is 0. The second-order valence-electron chi connectivity index (χ2n) is 3.63. The largest absolute Gasteiger partial charge is 2.00 e. The van der Waals surface area contributed by atoms with E-state index < -0.39 is 0 Å². The van der Waals surface area contributed by atoms with Gasteiger partial charge in [0.25, 0.3) is 0 Å². The molecule has 8 nitrogen and oxygen atoms in total. The van der Waals surface area contributed by atoms with Gasteiger partial charge >= 0.3 is 21.7 Å². The zero-order chi connectivity index (χ0) is 19.6. The van der Waals surface area contributed by atoms with Gasteiger partial charge in [0.2, 0.25) is 0 Å². The summed E-state index contributed by atoms with van der Waals surface area (Å²) in [6.07, 6.45) is 2.69. The van der Waals surface area contributed by atoms with Crippen LogP contribution in [0.25, 0.3) is 0 Å². The number of hydrogen-bond acceptors (Lipinski definition) is 8. The van der Waals surface area contributed by atoms with Gasteiger partial charge in [0.05, 0.1) is 0 Å². The van der Waals surface area contributed by atoms with Gasteiger partial charge in [-0.2, -0.15) is 0 Å². The molecule has 0 bridgehead atoms. The molecule has 0 aromatic heterocycles. The number of ketones is 2. The second kappa shape index (κ2) is 38.7. The average Bonchev–Trinajstić information content (AvgIpc) is 2.54. The molecule has 0 aromatic rings. The summed E-state index contributed by atoms with van der Waals surface area (Å²) in [5.74, 6) is -0.432. The van der Waals surface area contributed by atoms with Crippen molar-refractivity contribution in [2.24, 2.45) is 0 Å². The number of hydrogen-bond donors (Lipinski definition) is 2. The minimum Gasteiger partial charge on any atom is -0.541 e. The van der Waals surface area contributed by atoms with Crippen LogP contribution in [-0.2, 0) is 50.4 Å². The molecule has 0 heterocycles. The van der Waals surface area contributed by atoms with Crippen LogP contribution in [0.15, 0.2) is 0 Å². The number of rotatable bonds is 10. The summed E-state index contributed by atoms with van der Waals surface area (Å²) in [6.45, 7) is 8.52. The smallest absolute Gasteiger partial charge is 0.541 e. The Bertz CT molecular complexity index is 257. The summed E-state index contributed by atoms with van der Waals surface area (Å²) < 4.78 is 9.44. The summed E-state index contributed by atoms with van der Waals surface area (Å²) in [5.41, 5.74) is 0. The van der Waals surface area contributed by atoms with E-state index in [1.807, 2.05) is 0 Å². The standard InChI is InChI=1S/2C6H9O3.2C2H6O.Ti/c2*1-2-9-5-6(8)3-4-7;2*1-2-3;/h2*2-3,5H2,1H3;2*3H,2H2,1H3;/q2*-1;;;+2. The molecular formula is C16H30O8Ti. The zero-order valence-electron chi connectivity index (χ0n) is 15.5. The van der Waals surface area contributed by atoms with Gasteiger partial charge in [-0.3, -0.25) is 22.2 Å². The average molecular weight is 398 g/mol. The molecule has 0 fully saturated rings. The molecule has 2 N–H and O–H groups in total. The van der Waals surface area contributed by atoms with Crippen LogP contribution in [0.3, 0.4) is 0 Å². The predicted molar refractivity (Wildman–Crippen MR) is 89.1 cm³/mol. The van der Waals surface area contributed by atoms with Gasteiger partial charge < -0.3 is 29.3 Å². The molecule has 146 valence electrons. The van der Waals surface area contributed by atoms with Crippen LogP contribution in [-0.4, -0.2) is 74.0 Å². The van der Waals surface area contributed by atoms with Gasteiger partial charge in [-0.1, -0.05) is 12.8 Å². The third-order valence-electron chi connectivity index (χ3n) is 1.47. The van der Waals surface area contributed by atoms with Crippen molar-refractivity contribution in [3.63, 3.8) is 0 Å². The fourth-order valence-electron chi connectivity index (χ4n) is 0.695. The van der Waals surface area contributed by atoms with Crippen LogP contribution in [0.2, 0.25) is 0 Å². The van der Waals surface area contributed by atoms with E-state index in [2.05, 4.69) is 0 Å². The van der Waals surface area contributed by atoms with Crippen LogP contribution in [0.5, 0.6) is 0 Å². The van der Waals surface area contributed by atoms with Crippen molar-refractivity contribution >= 4 is 24.1 Å². The van der Waals surface area contributed by atoms with E-state index in [4.69, 9.17) is 19.7 Å². The van der Waals surface area contributed by atoms with Crippen molar-refractivity contribution in [1.82, 2.24) is 0 Å². The van der Waals surface area contributed by atoms with Crippen LogP contribution in [0.1, 0.15) is 40.5 Å². The van der Waals surface area contributed by atoms with Gasteiger partial charge in [-0.25, -0.2) is 0 Å². The maximum Gasteiger partial charge on any atom is 2.00 e. The SMILES string of the molecule is CCO.CCO.CCOCC(=O)C[C-]=O.CCOCC(=O)C[C-]=O.[Ti+2]. The van der Waals surface area contributed by atoms with Crippen molar-refractivity contribution in [3.8, 4) is 0 Å². The third kappa shape index (κ3) is 59.8. The van der Waals surface area contributed by atoms with Crippen molar-refractivity contribution in [2.45, 2.75) is 40.5 Å². The molecule has 0 aromatic carbocycles. The summed E-state index contributed by atoms with van der Waals surface area (Å²) >= 11 is 0.